The largest absolute Gasteiger partial charge is 0.465 e. The lowest BCUT2D eigenvalue weighted by Gasteiger charge is -2.27. The Labute approximate surface area is 161 Å². The van der Waals surface area contributed by atoms with Crippen LogP contribution in [0.15, 0.2) is 42.5 Å². The summed E-state index contributed by atoms with van der Waals surface area (Å²) in [4.78, 5) is 11.2. The van der Waals surface area contributed by atoms with Crippen LogP contribution in [0, 0.1) is 5.41 Å². The first-order valence-electron chi connectivity index (χ1n) is 9.41. The van der Waals surface area contributed by atoms with Gasteiger partial charge >= 0.3 is 6.09 Å². The lowest BCUT2D eigenvalue weighted by molar-refractivity contribution is -0.0149. The summed E-state index contributed by atoms with van der Waals surface area (Å²) in [7, 11) is 0. The number of carbonyl (C=O) groups is 1. The van der Waals surface area contributed by atoms with Crippen LogP contribution < -0.4 is 5.32 Å². The predicted molar refractivity (Wildman–Crippen MR) is 108 cm³/mol. The first-order chi connectivity index (χ1) is 12.5. The Morgan fingerprint density at radius 2 is 1.78 bits per heavy atom. The predicted octanol–water partition coefficient (Wildman–Crippen LogP) is 5.56. The van der Waals surface area contributed by atoms with E-state index in [4.69, 9.17) is 9.84 Å². The minimum Gasteiger partial charge on any atom is -0.465 e. The van der Waals surface area contributed by atoms with Crippen LogP contribution in [-0.2, 0) is 17.8 Å². The zero-order chi connectivity index (χ0) is 19.8. The third kappa shape index (κ3) is 4.51. The molecule has 1 atom stereocenters. The van der Waals surface area contributed by atoms with Crippen molar-refractivity contribution in [2.45, 2.75) is 59.3 Å². The van der Waals surface area contributed by atoms with E-state index in [9.17, 15) is 4.79 Å². The molecule has 4 nitrogen and oxygen atoms in total. The number of benzene rings is 2. The maximum Gasteiger partial charge on any atom is 0.405 e. The molecule has 0 radical (unpaired) electrons. The van der Waals surface area contributed by atoms with E-state index in [1.165, 1.54) is 5.56 Å². The molecule has 2 aromatic rings. The fourth-order valence-electron chi connectivity index (χ4n) is 3.72. The molecule has 0 spiro atoms. The van der Waals surface area contributed by atoms with Crippen molar-refractivity contribution < 1.29 is 14.6 Å². The van der Waals surface area contributed by atoms with E-state index in [-0.39, 0.29) is 17.1 Å². The Balaban J connectivity index is 1.81. The molecule has 144 valence electrons. The number of nitrogens with one attached hydrogen (secondary N) is 1. The molecule has 4 heteroatoms. The molecule has 0 saturated heterocycles. The van der Waals surface area contributed by atoms with Gasteiger partial charge in [0, 0.05) is 0 Å². The van der Waals surface area contributed by atoms with E-state index in [0.717, 1.165) is 28.7 Å². The summed E-state index contributed by atoms with van der Waals surface area (Å²) >= 11 is 0. The Morgan fingerprint density at radius 3 is 2.37 bits per heavy atom. The zero-order valence-corrected chi connectivity index (χ0v) is 16.8. The molecular weight excluding hydrogens is 338 g/mol. The van der Waals surface area contributed by atoms with Gasteiger partial charge in [0.1, 0.15) is 0 Å². The highest BCUT2D eigenvalue weighted by atomic mass is 16.5. The van der Waals surface area contributed by atoms with Crippen LogP contribution in [0.4, 0.5) is 4.79 Å². The minimum atomic E-state index is -0.974. The van der Waals surface area contributed by atoms with Gasteiger partial charge in [0.15, 0.2) is 0 Å². The number of fused-ring (bicyclic) bond motifs is 1. The number of ether oxygens (including phenoxy) is 1. The van der Waals surface area contributed by atoms with Gasteiger partial charge in [-0.1, -0.05) is 56.3 Å². The van der Waals surface area contributed by atoms with E-state index in [2.05, 4.69) is 82.4 Å². The van der Waals surface area contributed by atoms with Crippen molar-refractivity contribution in [3.05, 3.63) is 59.2 Å². The van der Waals surface area contributed by atoms with Crippen LogP contribution in [0.3, 0.4) is 0 Å². The van der Waals surface area contributed by atoms with Crippen molar-refractivity contribution in [1.82, 2.24) is 5.32 Å². The average molecular weight is 367 g/mol. The molecule has 1 aliphatic carbocycles. The fraction of sp³-hybridized carbons (Fsp3) is 0.435. The van der Waals surface area contributed by atoms with E-state index in [1.54, 1.807) is 0 Å². The molecular formula is C23H29NO3. The summed E-state index contributed by atoms with van der Waals surface area (Å²) in [6, 6.07) is 14.6. The average Bonchev–Trinajstić information content (AvgIpc) is 2.82. The van der Waals surface area contributed by atoms with Gasteiger partial charge in [0.25, 0.3) is 0 Å². The summed E-state index contributed by atoms with van der Waals surface area (Å²) in [5, 5.41) is 11.8. The molecule has 0 bridgehead atoms. The van der Waals surface area contributed by atoms with Gasteiger partial charge in [-0.05, 0) is 60.4 Å². The van der Waals surface area contributed by atoms with Crippen molar-refractivity contribution in [2.75, 3.05) is 0 Å². The minimum absolute atomic E-state index is 0.131. The van der Waals surface area contributed by atoms with E-state index in [0.29, 0.717) is 6.61 Å². The Bertz CT molecular complexity index is 832. The molecule has 0 aromatic heterocycles. The van der Waals surface area contributed by atoms with Crippen LogP contribution in [0.25, 0.3) is 11.1 Å². The van der Waals surface area contributed by atoms with Crippen molar-refractivity contribution in [2.24, 2.45) is 5.41 Å². The second-order valence-electron chi connectivity index (χ2n) is 9.06. The monoisotopic (exact) mass is 367 g/mol. The zero-order valence-electron chi connectivity index (χ0n) is 16.8. The maximum atomic E-state index is 11.2. The smallest absolute Gasteiger partial charge is 0.405 e. The normalized spacial score (nSPS) is 18.2. The summed E-state index contributed by atoms with van der Waals surface area (Å²) in [5.41, 5.74) is 5.49. The highest BCUT2D eigenvalue weighted by Crippen LogP contribution is 2.46. The topological polar surface area (TPSA) is 58.6 Å². The van der Waals surface area contributed by atoms with Crippen LogP contribution in [-0.4, -0.2) is 16.8 Å². The van der Waals surface area contributed by atoms with Gasteiger partial charge < -0.3 is 15.2 Å². The SMILES string of the molecule is CC(C)(C)OCc1ccc(-c2ccc3c(c2)CC(C)(C)C3NC(=O)O)cc1. The van der Waals surface area contributed by atoms with Crippen molar-refractivity contribution in [1.29, 1.82) is 0 Å². The van der Waals surface area contributed by atoms with Gasteiger partial charge in [-0.3, -0.25) is 0 Å². The third-order valence-corrected chi connectivity index (χ3v) is 5.11. The standard InChI is InChI=1S/C23H29NO3/c1-22(2,3)27-14-15-6-8-16(9-7-15)17-10-11-19-18(12-17)13-23(4,5)20(19)24-21(25)26/h6-12,20,24H,13-14H2,1-5H3,(H,25,26). The molecule has 1 aliphatic rings. The van der Waals surface area contributed by atoms with Crippen LogP contribution in [0.5, 0.6) is 0 Å². The molecule has 27 heavy (non-hydrogen) atoms. The summed E-state index contributed by atoms with van der Waals surface area (Å²) in [6.07, 6.45) is -0.114. The molecule has 1 unspecified atom stereocenters. The lowest BCUT2D eigenvalue weighted by atomic mass is 9.85. The van der Waals surface area contributed by atoms with Gasteiger partial charge in [0.05, 0.1) is 18.2 Å². The first-order valence-corrected chi connectivity index (χ1v) is 9.41. The molecule has 0 aliphatic heterocycles. The molecule has 0 heterocycles. The van der Waals surface area contributed by atoms with Crippen LogP contribution >= 0.6 is 0 Å². The molecule has 0 fully saturated rings. The summed E-state index contributed by atoms with van der Waals surface area (Å²) < 4.78 is 5.83. The van der Waals surface area contributed by atoms with Crippen molar-refractivity contribution >= 4 is 6.09 Å². The number of hydrogen-bond donors (Lipinski definition) is 2. The first kappa shape index (κ1) is 19.4. The van der Waals surface area contributed by atoms with Crippen LogP contribution in [0.2, 0.25) is 0 Å². The molecule has 3 rings (SSSR count). The number of hydrogen-bond acceptors (Lipinski definition) is 2. The number of amides is 1. The molecule has 2 aromatic carbocycles. The van der Waals surface area contributed by atoms with Crippen molar-refractivity contribution in [3.8, 4) is 11.1 Å². The highest BCUT2D eigenvalue weighted by molar-refractivity contribution is 5.68. The second-order valence-corrected chi connectivity index (χ2v) is 9.06. The Kier molecular flexibility index (Phi) is 5.04. The van der Waals surface area contributed by atoms with Crippen molar-refractivity contribution in [3.63, 3.8) is 0 Å². The van der Waals surface area contributed by atoms with E-state index >= 15 is 0 Å². The maximum absolute atomic E-state index is 11.2. The quantitative estimate of drug-likeness (QED) is 0.744. The molecule has 1 amide bonds. The lowest BCUT2D eigenvalue weighted by Crippen LogP contribution is -2.34. The number of carboxylic acid groups (broad SMARTS) is 1. The molecule has 2 N–H and O–H groups in total. The van der Waals surface area contributed by atoms with Crippen LogP contribution in [0.1, 0.15) is 57.4 Å². The Hall–Kier alpha value is -2.33. The fourth-order valence-corrected chi connectivity index (χ4v) is 3.72. The van der Waals surface area contributed by atoms with Gasteiger partial charge in [-0.25, -0.2) is 4.79 Å². The number of rotatable bonds is 4. The van der Waals surface area contributed by atoms with Gasteiger partial charge in [0.2, 0.25) is 0 Å². The van der Waals surface area contributed by atoms with Gasteiger partial charge in [-0.15, -0.1) is 0 Å². The van der Waals surface area contributed by atoms with Gasteiger partial charge in [-0.2, -0.15) is 0 Å². The summed E-state index contributed by atoms with van der Waals surface area (Å²) in [6.45, 7) is 11.0. The molecule has 0 saturated carbocycles. The second kappa shape index (κ2) is 7.01. The third-order valence-electron chi connectivity index (χ3n) is 5.11. The van der Waals surface area contributed by atoms with E-state index in [1.807, 2.05) is 0 Å². The Morgan fingerprint density at radius 1 is 1.15 bits per heavy atom. The highest BCUT2D eigenvalue weighted by Gasteiger charge is 2.39. The summed E-state index contributed by atoms with van der Waals surface area (Å²) in [5.74, 6) is 0. The van der Waals surface area contributed by atoms with E-state index < -0.39 is 6.09 Å².